The van der Waals surface area contributed by atoms with E-state index in [0.717, 1.165) is 10.9 Å². The molecule has 0 aliphatic heterocycles. The predicted octanol–water partition coefficient (Wildman–Crippen LogP) is 3.48. The number of aromatic nitrogens is 1. The summed E-state index contributed by atoms with van der Waals surface area (Å²) in [5, 5.41) is 0.798. The monoisotopic (exact) mass is 241 g/mol. The lowest BCUT2D eigenvalue weighted by atomic mass is 10.1. The number of hydrogen-bond acceptors (Lipinski definition) is 2. The third kappa shape index (κ3) is 2.67. The fourth-order valence-electron chi connectivity index (χ4n) is 1.57. The molecule has 0 radical (unpaired) electrons. The first-order chi connectivity index (χ1) is 7.97. The maximum atomic E-state index is 12.0. The van der Waals surface area contributed by atoms with Crippen molar-refractivity contribution in [1.82, 2.24) is 4.98 Å². The lowest BCUT2D eigenvalue weighted by Gasteiger charge is -2.12. The Morgan fingerprint density at radius 1 is 1.24 bits per heavy atom. The normalized spacial score (nSPS) is 11.8. The molecule has 5 heteroatoms. The van der Waals surface area contributed by atoms with E-state index in [1.807, 2.05) is 12.1 Å². The molecule has 0 aliphatic carbocycles. The van der Waals surface area contributed by atoms with Crippen LogP contribution in [0.4, 0.5) is 13.2 Å². The van der Waals surface area contributed by atoms with Gasteiger partial charge in [-0.2, -0.15) is 13.2 Å². The standard InChI is InChI=1S/C12H10F3NO/c1-8-9-4-2-3-5-10(9)16-6-11(8)17-7-12(13,14)15/h2-6H,7H2,1H3. The maximum Gasteiger partial charge on any atom is 0.422 e. The van der Waals surface area contributed by atoms with Crippen LogP contribution in [0.3, 0.4) is 0 Å². The molecule has 0 saturated carbocycles. The number of fused-ring (bicyclic) bond motifs is 1. The van der Waals surface area contributed by atoms with Crippen LogP contribution in [-0.2, 0) is 0 Å². The first kappa shape index (κ1) is 11.7. The number of hydrogen-bond donors (Lipinski definition) is 0. The fourth-order valence-corrected chi connectivity index (χ4v) is 1.57. The van der Waals surface area contributed by atoms with E-state index in [-0.39, 0.29) is 5.75 Å². The molecule has 0 spiro atoms. The molecule has 0 fully saturated rings. The zero-order valence-corrected chi connectivity index (χ0v) is 9.08. The van der Waals surface area contributed by atoms with Gasteiger partial charge in [0.05, 0.1) is 11.7 Å². The zero-order chi connectivity index (χ0) is 12.5. The van der Waals surface area contributed by atoms with Crippen LogP contribution in [0.1, 0.15) is 5.56 Å². The Kier molecular flexibility index (Phi) is 2.92. The first-order valence-corrected chi connectivity index (χ1v) is 5.01. The van der Waals surface area contributed by atoms with Crippen LogP contribution >= 0.6 is 0 Å². The highest BCUT2D eigenvalue weighted by Crippen LogP contribution is 2.26. The molecule has 0 amide bonds. The van der Waals surface area contributed by atoms with Crippen molar-refractivity contribution in [3.63, 3.8) is 0 Å². The number of aryl methyl sites for hydroxylation is 1. The van der Waals surface area contributed by atoms with Crippen molar-refractivity contribution in [2.24, 2.45) is 0 Å². The van der Waals surface area contributed by atoms with Gasteiger partial charge < -0.3 is 4.74 Å². The van der Waals surface area contributed by atoms with Crippen LogP contribution in [0.15, 0.2) is 30.5 Å². The highest BCUT2D eigenvalue weighted by atomic mass is 19.4. The van der Waals surface area contributed by atoms with Gasteiger partial charge in [-0.3, -0.25) is 4.98 Å². The Morgan fingerprint density at radius 3 is 2.65 bits per heavy atom. The van der Waals surface area contributed by atoms with Crippen molar-refractivity contribution in [2.45, 2.75) is 13.1 Å². The molecule has 2 rings (SSSR count). The number of rotatable bonds is 2. The van der Waals surface area contributed by atoms with Crippen molar-refractivity contribution in [2.75, 3.05) is 6.61 Å². The van der Waals surface area contributed by atoms with Gasteiger partial charge in [-0.15, -0.1) is 0 Å². The van der Waals surface area contributed by atoms with Crippen LogP contribution < -0.4 is 4.74 Å². The van der Waals surface area contributed by atoms with Crippen molar-refractivity contribution >= 4 is 10.9 Å². The Bertz CT molecular complexity index is 537. The molecule has 1 aromatic carbocycles. The van der Waals surface area contributed by atoms with E-state index >= 15 is 0 Å². The second-order valence-electron chi connectivity index (χ2n) is 3.67. The van der Waals surface area contributed by atoms with Crippen LogP contribution in [0.5, 0.6) is 5.75 Å². The van der Waals surface area contributed by atoms with Gasteiger partial charge in [0.1, 0.15) is 5.75 Å². The molecule has 2 nitrogen and oxygen atoms in total. The molecular weight excluding hydrogens is 231 g/mol. The molecule has 1 heterocycles. The second-order valence-corrected chi connectivity index (χ2v) is 3.67. The third-order valence-corrected chi connectivity index (χ3v) is 2.39. The van der Waals surface area contributed by atoms with Crippen LogP contribution in [-0.4, -0.2) is 17.8 Å². The van der Waals surface area contributed by atoms with E-state index in [4.69, 9.17) is 4.74 Å². The molecule has 0 unspecified atom stereocenters. The molecule has 1 aromatic heterocycles. The average Bonchev–Trinajstić information content (AvgIpc) is 2.27. The smallest absolute Gasteiger partial charge is 0.422 e. The van der Waals surface area contributed by atoms with E-state index in [2.05, 4.69) is 4.98 Å². The Hall–Kier alpha value is -1.78. The van der Waals surface area contributed by atoms with E-state index in [9.17, 15) is 13.2 Å². The number of benzene rings is 1. The topological polar surface area (TPSA) is 22.1 Å². The molecule has 0 bridgehead atoms. The van der Waals surface area contributed by atoms with Gasteiger partial charge >= 0.3 is 6.18 Å². The summed E-state index contributed by atoms with van der Waals surface area (Å²) in [4.78, 5) is 4.05. The van der Waals surface area contributed by atoms with Crippen molar-refractivity contribution in [3.8, 4) is 5.75 Å². The molecule has 17 heavy (non-hydrogen) atoms. The number of para-hydroxylation sites is 1. The summed E-state index contributed by atoms with van der Waals surface area (Å²) in [6.07, 6.45) is -3.01. The second kappa shape index (κ2) is 4.24. The number of pyridine rings is 1. The summed E-state index contributed by atoms with van der Waals surface area (Å²) in [7, 11) is 0. The maximum absolute atomic E-state index is 12.0. The molecular formula is C12H10F3NO. The van der Waals surface area contributed by atoms with Gasteiger partial charge in [-0.05, 0) is 13.0 Å². The fraction of sp³-hybridized carbons (Fsp3) is 0.250. The van der Waals surface area contributed by atoms with Crippen LogP contribution in [0, 0.1) is 6.92 Å². The average molecular weight is 241 g/mol. The van der Waals surface area contributed by atoms with E-state index in [1.165, 1.54) is 6.20 Å². The van der Waals surface area contributed by atoms with Gasteiger partial charge in [-0.1, -0.05) is 18.2 Å². The minimum atomic E-state index is -4.34. The summed E-state index contributed by atoms with van der Waals surface area (Å²) >= 11 is 0. The number of ether oxygens (including phenoxy) is 1. The van der Waals surface area contributed by atoms with E-state index in [0.29, 0.717) is 5.56 Å². The molecule has 0 aliphatic rings. The van der Waals surface area contributed by atoms with Crippen LogP contribution in [0.2, 0.25) is 0 Å². The minimum Gasteiger partial charge on any atom is -0.482 e. The highest BCUT2D eigenvalue weighted by Gasteiger charge is 2.28. The number of alkyl halides is 3. The van der Waals surface area contributed by atoms with Crippen molar-refractivity contribution < 1.29 is 17.9 Å². The van der Waals surface area contributed by atoms with E-state index in [1.54, 1.807) is 19.1 Å². The van der Waals surface area contributed by atoms with Gasteiger partial charge in [-0.25, -0.2) is 0 Å². The SMILES string of the molecule is Cc1c(OCC(F)(F)F)cnc2ccccc12. The summed E-state index contributed by atoms with van der Waals surface area (Å²) in [6, 6.07) is 7.24. The number of nitrogens with zero attached hydrogens (tertiary/aromatic N) is 1. The van der Waals surface area contributed by atoms with Gasteiger partial charge in [0, 0.05) is 10.9 Å². The predicted molar refractivity (Wildman–Crippen MR) is 58.0 cm³/mol. The summed E-state index contributed by atoms with van der Waals surface area (Å²) in [6.45, 7) is 0.420. The molecule has 0 N–H and O–H groups in total. The van der Waals surface area contributed by atoms with Crippen molar-refractivity contribution in [1.29, 1.82) is 0 Å². The van der Waals surface area contributed by atoms with Crippen molar-refractivity contribution in [3.05, 3.63) is 36.0 Å². The molecule has 2 aromatic rings. The first-order valence-electron chi connectivity index (χ1n) is 5.01. The quantitative estimate of drug-likeness (QED) is 0.803. The largest absolute Gasteiger partial charge is 0.482 e. The van der Waals surface area contributed by atoms with Gasteiger partial charge in [0.15, 0.2) is 6.61 Å². The third-order valence-electron chi connectivity index (χ3n) is 2.39. The number of halogens is 3. The molecule has 90 valence electrons. The highest BCUT2D eigenvalue weighted by molar-refractivity contribution is 5.83. The Labute approximate surface area is 96.0 Å². The minimum absolute atomic E-state index is 0.168. The van der Waals surface area contributed by atoms with Gasteiger partial charge in [0.2, 0.25) is 0 Å². The lowest BCUT2D eigenvalue weighted by molar-refractivity contribution is -0.153. The Morgan fingerprint density at radius 2 is 1.94 bits per heavy atom. The summed E-state index contributed by atoms with van der Waals surface area (Å²) < 4.78 is 40.8. The molecule has 0 saturated heterocycles. The lowest BCUT2D eigenvalue weighted by Crippen LogP contribution is -2.19. The van der Waals surface area contributed by atoms with Crippen LogP contribution in [0.25, 0.3) is 10.9 Å². The molecule has 0 atom stereocenters. The Balaban J connectivity index is 2.33. The van der Waals surface area contributed by atoms with E-state index < -0.39 is 12.8 Å². The summed E-state index contributed by atoms with van der Waals surface area (Å²) in [5.74, 6) is 0.168. The zero-order valence-electron chi connectivity index (χ0n) is 9.08. The summed E-state index contributed by atoms with van der Waals surface area (Å²) in [5.41, 5.74) is 1.41. The van der Waals surface area contributed by atoms with Gasteiger partial charge in [0.25, 0.3) is 0 Å².